The molecule has 3 aromatic rings. The molecule has 0 unspecified atom stereocenters. The number of unbranched alkanes of at least 4 members (excludes halogenated alkanes) is 1. The number of carbonyl (C=O) groups excluding carboxylic acids is 2. The molecule has 0 spiro atoms. The van der Waals surface area contributed by atoms with Crippen molar-refractivity contribution in [1.82, 2.24) is 10.3 Å². The third-order valence-corrected chi connectivity index (χ3v) is 5.98. The van der Waals surface area contributed by atoms with Gasteiger partial charge in [-0.2, -0.15) is 0 Å². The highest BCUT2D eigenvalue weighted by atomic mass is 79.9. The minimum absolute atomic E-state index is 0.261. The highest BCUT2D eigenvalue weighted by Crippen LogP contribution is 2.41. The molecule has 0 atom stereocenters. The summed E-state index contributed by atoms with van der Waals surface area (Å²) >= 11 is 3.32. The van der Waals surface area contributed by atoms with E-state index in [2.05, 4.69) is 39.2 Å². The third-order valence-electron chi connectivity index (χ3n) is 5.22. The molecule has 2 amide bonds. The number of halogens is 1. The average Bonchev–Trinajstić information content (AvgIpc) is 3.23. The van der Waals surface area contributed by atoms with Crippen LogP contribution < -0.4 is 10.1 Å². The minimum Gasteiger partial charge on any atom is -0.497 e. The molecule has 0 aliphatic carbocycles. The Balaban J connectivity index is 2.00. The Bertz CT molecular complexity index is 1140. The molecule has 5 nitrogen and oxygen atoms in total. The first-order valence-corrected chi connectivity index (χ1v) is 10.4. The zero-order valence-electron chi connectivity index (χ0n) is 16.3. The predicted molar refractivity (Wildman–Crippen MR) is 118 cm³/mol. The maximum atomic E-state index is 12.6. The highest BCUT2D eigenvalue weighted by molar-refractivity contribution is 9.12. The van der Waals surface area contributed by atoms with Gasteiger partial charge < -0.3 is 9.72 Å². The number of fused-ring (bicyclic) bond motifs is 1. The Kier molecular flexibility index (Phi) is 5.28. The topological polar surface area (TPSA) is 71.2 Å². The zero-order valence-corrected chi connectivity index (χ0v) is 17.9. The normalized spacial score (nSPS) is 14.0. The number of para-hydroxylation sites is 1. The van der Waals surface area contributed by atoms with Crippen LogP contribution in [0.3, 0.4) is 0 Å². The number of benzene rings is 2. The Hall–Kier alpha value is -2.86. The number of amides is 2. The standard InChI is InChI=1S/C23H21BrN2O3/c1-3-4-6-13-7-5-8-16-17(18-19(24)23(28)26-22(18)27)21(25-20(13)16)14-9-11-15(29-2)12-10-14/h5,7-12,25H,3-4,6H2,1-2H3,(H,26,27,28). The number of aromatic amines is 1. The average molecular weight is 453 g/mol. The number of carbonyl (C=O) groups is 2. The quantitative estimate of drug-likeness (QED) is 0.519. The van der Waals surface area contributed by atoms with Gasteiger partial charge in [-0.3, -0.25) is 14.9 Å². The van der Waals surface area contributed by atoms with Crippen LogP contribution in [0.2, 0.25) is 0 Å². The first-order valence-electron chi connectivity index (χ1n) is 9.59. The van der Waals surface area contributed by atoms with E-state index in [1.54, 1.807) is 7.11 Å². The summed E-state index contributed by atoms with van der Waals surface area (Å²) in [5.41, 5.74) is 5.02. The van der Waals surface area contributed by atoms with Gasteiger partial charge in [0.2, 0.25) is 0 Å². The van der Waals surface area contributed by atoms with Crippen molar-refractivity contribution in [2.75, 3.05) is 7.11 Å². The van der Waals surface area contributed by atoms with E-state index in [-0.39, 0.29) is 4.48 Å². The van der Waals surface area contributed by atoms with Crippen LogP contribution in [0.15, 0.2) is 46.9 Å². The van der Waals surface area contributed by atoms with Crippen molar-refractivity contribution < 1.29 is 14.3 Å². The lowest BCUT2D eigenvalue weighted by molar-refractivity contribution is -0.123. The fourth-order valence-electron chi connectivity index (χ4n) is 3.74. The Labute approximate surface area is 177 Å². The number of rotatable bonds is 6. The molecular formula is C23H21BrN2O3. The van der Waals surface area contributed by atoms with E-state index >= 15 is 0 Å². The first-order chi connectivity index (χ1) is 14.0. The molecule has 0 saturated carbocycles. The van der Waals surface area contributed by atoms with Crippen molar-refractivity contribution >= 4 is 44.2 Å². The number of imide groups is 1. The predicted octanol–water partition coefficient (Wildman–Crippen LogP) is 4.95. The van der Waals surface area contributed by atoms with Crippen molar-refractivity contribution in [3.8, 4) is 17.0 Å². The SMILES string of the molecule is CCCCc1cccc2c(C3=C(Br)C(=O)NC3=O)c(-c3ccc(OC)cc3)[nH]c12. The second-order valence-corrected chi connectivity index (χ2v) is 7.81. The van der Waals surface area contributed by atoms with Crippen molar-refractivity contribution in [3.63, 3.8) is 0 Å². The lowest BCUT2D eigenvalue weighted by Gasteiger charge is -2.07. The first kappa shape index (κ1) is 19.5. The smallest absolute Gasteiger partial charge is 0.265 e. The summed E-state index contributed by atoms with van der Waals surface area (Å²) < 4.78 is 5.53. The number of aromatic nitrogens is 1. The second-order valence-electron chi connectivity index (χ2n) is 7.02. The van der Waals surface area contributed by atoms with Gasteiger partial charge in [0.1, 0.15) is 5.75 Å². The van der Waals surface area contributed by atoms with Crippen LogP contribution in [-0.2, 0) is 16.0 Å². The van der Waals surface area contributed by atoms with E-state index in [0.29, 0.717) is 5.57 Å². The van der Waals surface area contributed by atoms with E-state index in [4.69, 9.17) is 4.74 Å². The van der Waals surface area contributed by atoms with E-state index < -0.39 is 11.8 Å². The molecule has 2 aromatic carbocycles. The van der Waals surface area contributed by atoms with Gasteiger partial charge in [0.15, 0.2) is 0 Å². The molecule has 6 heteroatoms. The Morgan fingerprint density at radius 1 is 1.03 bits per heavy atom. The van der Waals surface area contributed by atoms with E-state index in [0.717, 1.165) is 52.7 Å². The number of aryl methyl sites for hydroxylation is 1. The number of ether oxygens (including phenoxy) is 1. The molecule has 1 aromatic heterocycles. The summed E-state index contributed by atoms with van der Waals surface area (Å²) in [6.45, 7) is 2.17. The molecule has 0 radical (unpaired) electrons. The molecule has 148 valence electrons. The summed E-state index contributed by atoms with van der Waals surface area (Å²) in [5.74, 6) is -0.0529. The molecule has 1 aliphatic heterocycles. The van der Waals surface area contributed by atoms with Crippen LogP contribution in [0.5, 0.6) is 5.75 Å². The number of hydrogen-bond acceptors (Lipinski definition) is 3. The van der Waals surface area contributed by atoms with Gasteiger partial charge in [0.25, 0.3) is 11.8 Å². The fraction of sp³-hybridized carbons (Fsp3) is 0.217. The monoisotopic (exact) mass is 452 g/mol. The van der Waals surface area contributed by atoms with E-state index in [9.17, 15) is 9.59 Å². The summed E-state index contributed by atoms with van der Waals surface area (Å²) in [7, 11) is 1.62. The second kappa shape index (κ2) is 7.87. The minimum atomic E-state index is -0.415. The van der Waals surface area contributed by atoms with Crippen LogP contribution >= 0.6 is 15.9 Å². The van der Waals surface area contributed by atoms with Gasteiger partial charge in [0.05, 0.1) is 22.9 Å². The zero-order chi connectivity index (χ0) is 20.5. The number of H-pyrrole nitrogens is 1. The number of hydrogen-bond donors (Lipinski definition) is 2. The van der Waals surface area contributed by atoms with Crippen LogP contribution in [0.25, 0.3) is 27.7 Å². The van der Waals surface area contributed by atoms with Gasteiger partial charge in [-0.25, -0.2) is 0 Å². The van der Waals surface area contributed by atoms with Crippen LogP contribution in [-0.4, -0.2) is 23.9 Å². The van der Waals surface area contributed by atoms with Crippen molar-refractivity contribution in [2.45, 2.75) is 26.2 Å². The maximum absolute atomic E-state index is 12.6. The van der Waals surface area contributed by atoms with Gasteiger partial charge in [0, 0.05) is 16.5 Å². The van der Waals surface area contributed by atoms with Crippen LogP contribution in [0, 0.1) is 0 Å². The van der Waals surface area contributed by atoms with Gasteiger partial charge in [-0.1, -0.05) is 31.5 Å². The number of methoxy groups -OCH3 is 1. The van der Waals surface area contributed by atoms with Crippen LogP contribution in [0.4, 0.5) is 0 Å². The summed E-state index contributed by atoms with van der Waals surface area (Å²) in [6, 6.07) is 13.8. The molecule has 0 saturated heterocycles. The van der Waals surface area contributed by atoms with Gasteiger partial charge in [-0.05, 0) is 64.2 Å². The lowest BCUT2D eigenvalue weighted by atomic mass is 9.97. The van der Waals surface area contributed by atoms with E-state index in [1.807, 2.05) is 36.4 Å². The largest absolute Gasteiger partial charge is 0.497 e. The van der Waals surface area contributed by atoms with Crippen molar-refractivity contribution in [2.24, 2.45) is 0 Å². The van der Waals surface area contributed by atoms with E-state index in [1.165, 1.54) is 5.56 Å². The van der Waals surface area contributed by atoms with Gasteiger partial charge >= 0.3 is 0 Å². The fourth-order valence-corrected chi connectivity index (χ4v) is 4.22. The molecule has 2 heterocycles. The maximum Gasteiger partial charge on any atom is 0.265 e. The molecule has 29 heavy (non-hydrogen) atoms. The molecule has 2 N–H and O–H groups in total. The molecule has 1 aliphatic rings. The lowest BCUT2D eigenvalue weighted by Crippen LogP contribution is -2.22. The Morgan fingerprint density at radius 3 is 2.41 bits per heavy atom. The third kappa shape index (κ3) is 3.38. The summed E-state index contributed by atoms with van der Waals surface area (Å²) in [4.78, 5) is 28.3. The molecule has 0 bridgehead atoms. The van der Waals surface area contributed by atoms with Crippen LogP contribution in [0.1, 0.15) is 30.9 Å². The van der Waals surface area contributed by atoms with Crippen molar-refractivity contribution in [3.05, 3.63) is 58.1 Å². The molecule has 0 fully saturated rings. The molecule has 4 rings (SSSR count). The molecular weight excluding hydrogens is 432 g/mol. The number of nitrogens with one attached hydrogen (secondary N) is 2. The Morgan fingerprint density at radius 2 is 1.79 bits per heavy atom. The summed E-state index contributed by atoms with van der Waals surface area (Å²) in [6.07, 6.45) is 3.13. The van der Waals surface area contributed by atoms with Crippen molar-refractivity contribution in [1.29, 1.82) is 0 Å². The highest BCUT2D eigenvalue weighted by Gasteiger charge is 2.33. The van der Waals surface area contributed by atoms with Gasteiger partial charge in [-0.15, -0.1) is 0 Å². The summed E-state index contributed by atoms with van der Waals surface area (Å²) in [5, 5.41) is 3.31.